The van der Waals surface area contributed by atoms with Crippen molar-refractivity contribution in [1.82, 2.24) is 0 Å². The Bertz CT molecular complexity index is 556. The van der Waals surface area contributed by atoms with Gasteiger partial charge in [-0.05, 0) is 24.6 Å². The van der Waals surface area contributed by atoms with E-state index in [1.54, 1.807) is 25.1 Å². The summed E-state index contributed by atoms with van der Waals surface area (Å²) in [6, 6.07) is 5.11. The van der Waals surface area contributed by atoms with Gasteiger partial charge in [0.1, 0.15) is 0 Å². The van der Waals surface area contributed by atoms with Gasteiger partial charge in [-0.1, -0.05) is 17.9 Å². The van der Waals surface area contributed by atoms with E-state index < -0.39 is 24.9 Å². The maximum absolute atomic E-state index is 12.1. The Morgan fingerprint density at radius 2 is 2.10 bits per heavy atom. The quantitative estimate of drug-likeness (QED) is 0.840. The molecule has 1 rings (SSSR count). The van der Waals surface area contributed by atoms with Gasteiger partial charge >= 0.3 is 6.18 Å². The van der Waals surface area contributed by atoms with Crippen LogP contribution in [0.2, 0.25) is 0 Å². The summed E-state index contributed by atoms with van der Waals surface area (Å²) in [6.45, 7) is 1.72. The highest BCUT2D eigenvalue weighted by Gasteiger charge is 2.27. The lowest BCUT2D eigenvalue weighted by Gasteiger charge is -2.10. The van der Waals surface area contributed by atoms with Crippen molar-refractivity contribution in [2.75, 3.05) is 11.9 Å². The van der Waals surface area contributed by atoms with Crippen molar-refractivity contribution in [3.05, 3.63) is 29.3 Å². The van der Waals surface area contributed by atoms with E-state index in [9.17, 15) is 18.0 Å². The first-order valence-corrected chi connectivity index (χ1v) is 6.39. The maximum Gasteiger partial charge on any atom is 0.389 e. The Balaban J connectivity index is 2.79. The summed E-state index contributed by atoms with van der Waals surface area (Å²) in [4.78, 5) is 11.6. The Kier molecular flexibility index (Phi) is 6.25. The molecule has 3 nitrogen and oxygen atoms in total. The lowest BCUT2D eigenvalue weighted by Crippen LogP contribution is -2.17. The van der Waals surface area contributed by atoms with Gasteiger partial charge < -0.3 is 10.4 Å². The molecule has 21 heavy (non-hydrogen) atoms. The van der Waals surface area contributed by atoms with Gasteiger partial charge in [0, 0.05) is 18.4 Å². The fourth-order valence-electron chi connectivity index (χ4n) is 1.55. The SMILES string of the molecule is Cc1ccc(C#CCCO)c(NC(=O)CCC(F)(F)F)c1. The third kappa shape index (κ3) is 6.82. The Labute approximate surface area is 121 Å². The second-order valence-corrected chi connectivity index (χ2v) is 4.49. The predicted octanol–water partition coefficient (Wildman–Crippen LogP) is 3.01. The number of aliphatic hydroxyl groups is 1. The molecule has 0 aliphatic heterocycles. The molecule has 0 saturated heterocycles. The average Bonchev–Trinajstić information content (AvgIpc) is 2.38. The normalized spacial score (nSPS) is 10.7. The molecule has 0 unspecified atom stereocenters. The number of hydrogen-bond acceptors (Lipinski definition) is 2. The van der Waals surface area contributed by atoms with Crippen molar-refractivity contribution < 1.29 is 23.1 Å². The summed E-state index contributed by atoms with van der Waals surface area (Å²) in [7, 11) is 0. The molecule has 0 atom stereocenters. The fraction of sp³-hybridized carbons (Fsp3) is 0.400. The molecule has 0 spiro atoms. The second-order valence-electron chi connectivity index (χ2n) is 4.49. The number of aryl methyl sites for hydroxylation is 1. The van der Waals surface area contributed by atoms with Crippen LogP contribution in [0.25, 0.3) is 0 Å². The second kappa shape index (κ2) is 7.70. The predicted molar refractivity (Wildman–Crippen MR) is 73.7 cm³/mol. The van der Waals surface area contributed by atoms with Crippen LogP contribution < -0.4 is 5.32 Å². The molecule has 0 aromatic heterocycles. The number of benzene rings is 1. The number of carbonyl (C=O) groups is 1. The van der Waals surface area contributed by atoms with Crippen molar-refractivity contribution in [2.45, 2.75) is 32.4 Å². The molecule has 6 heteroatoms. The van der Waals surface area contributed by atoms with E-state index in [1.165, 1.54) is 0 Å². The number of halogens is 3. The molecule has 1 aromatic rings. The largest absolute Gasteiger partial charge is 0.395 e. The Morgan fingerprint density at radius 1 is 1.38 bits per heavy atom. The van der Waals surface area contributed by atoms with Crippen molar-refractivity contribution in [3.63, 3.8) is 0 Å². The molecule has 0 bridgehead atoms. The molecule has 0 radical (unpaired) electrons. The molecular formula is C15H16F3NO2. The number of hydrogen-bond donors (Lipinski definition) is 2. The van der Waals surface area contributed by atoms with E-state index in [0.29, 0.717) is 11.3 Å². The number of amides is 1. The third-order valence-electron chi connectivity index (χ3n) is 2.54. The summed E-state index contributed by atoms with van der Waals surface area (Å²) in [6.07, 6.45) is -5.85. The molecule has 1 amide bonds. The van der Waals surface area contributed by atoms with Gasteiger partial charge in [0.25, 0.3) is 0 Å². The molecule has 0 aliphatic carbocycles. The van der Waals surface area contributed by atoms with Gasteiger partial charge in [-0.3, -0.25) is 4.79 Å². The Morgan fingerprint density at radius 3 is 2.71 bits per heavy atom. The third-order valence-corrected chi connectivity index (χ3v) is 2.54. The topological polar surface area (TPSA) is 49.3 Å². The van der Waals surface area contributed by atoms with Gasteiger partial charge in [0.05, 0.1) is 18.7 Å². The van der Waals surface area contributed by atoms with Gasteiger partial charge in [-0.2, -0.15) is 13.2 Å². The first-order chi connectivity index (χ1) is 9.81. The fourth-order valence-corrected chi connectivity index (χ4v) is 1.55. The number of anilines is 1. The van der Waals surface area contributed by atoms with Crippen LogP contribution in [0.1, 0.15) is 30.4 Å². The molecule has 114 valence electrons. The summed E-state index contributed by atoms with van der Waals surface area (Å²) < 4.78 is 36.2. The zero-order chi connectivity index (χ0) is 15.9. The first kappa shape index (κ1) is 17.1. The Hall–Kier alpha value is -2.00. The zero-order valence-corrected chi connectivity index (χ0v) is 11.5. The number of aliphatic hydroxyl groups excluding tert-OH is 1. The van der Waals surface area contributed by atoms with Gasteiger partial charge in [0.15, 0.2) is 0 Å². The van der Waals surface area contributed by atoms with E-state index in [0.717, 1.165) is 5.56 Å². The van der Waals surface area contributed by atoms with Crippen LogP contribution in [0, 0.1) is 18.8 Å². The highest BCUT2D eigenvalue weighted by molar-refractivity contribution is 5.92. The van der Waals surface area contributed by atoms with Crippen LogP contribution in [-0.4, -0.2) is 23.8 Å². The van der Waals surface area contributed by atoms with E-state index in [1.807, 2.05) is 0 Å². The monoisotopic (exact) mass is 299 g/mol. The van der Waals surface area contributed by atoms with Crippen LogP contribution in [0.15, 0.2) is 18.2 Å². The van der Waals surface area contributed by atoms with Crippen molar-refractivity contribution in [3.8, 4) is 11.8 Å². The van der Waals surface area contributed by atoms with Gasteiger partial charge in [-0.25, -0.2) is 0 Å². The van der Waals surface area contributed by atoms with Crippen molar-refractivity contribution in [1.29, 1.82) is 0 Å². The van der Waals surface area contributed by atoms with Gasteiger partial charge in [-0.15, -0.1) is 0 Å². The standard InChI is InChI=1S/C15H16F3NO2/c1-11-5-6-12(4-2-3-9-20)13(10-11)19-14(21)7-8-15(16,17)18/h5-6,10,20H,3,7-9H2,1H3,(H,19,21). The number of carbonyl (C=O) groups excluding carboxylic acids is 1. The van der Waals surface area contributed by atoms with Gasteiger partial charge in [0.2, 0.25) is 5.91 Å². The van der Waals surface area contributed by atoms with Crippen LogP contribution in [0.5, 0.6) is 0 Å². The lowest BCUT2D eigenvalue weighted by molar-refractivity contribution is -0.142. The molecule has 1 aromatic carbocycles. The highest BCUT2D eigenvalue weighted by atomic mass is 19.4. The van der Waals surface area contributed by atoms with E-state index in [2.05, 4.69) is 17.2 Å². The number of alkyl halides is 3. The highest BCUT2D eigenvalue weighted by Crippen LogP contribution is 2.22. The van der Waals surface area contributed by atoms with E-state index >= 15 is 0 Å². The molecular weight excluding hydrogens is 283 g/mol. The number of nitrogens with one attached hydrogen (secondary N) is 1. The summed E-state index contributed by atoms with van der Waals surface area (Å²) in [5.41, 5.74) is 1.75. The molecule has 0 saturated carbocycles. The van der Waals surface area contributed by atoms with Crippen molar-refractivity contribution in [2.24, 2.45) is 0 Å². The van der Waals surface area contributed by atoms with Crippen LogP contribution >= 0.6 is 0 Å². The maximum atomic E-state index is 12.1. The summed E-state index contributed by atoms with van der Waals surface area (Å²) >= 11 is 0. The number of rotatable bonds is 4. The first-order valence-electron chi connectivity index (χ1n) is 6.39. The van der Waals surface area contributed by atoms with Crippen molar-refractivity contribution >= 4 is 11.6 Å². The minimum absolute atomic E-state index is 0.0772. The molecule has 0 aliphatic rings. The van der Waals surface area contributed by atoms with Crippen LogP contribution in [0.4, 0.5) is 18.9 Å². The zero-order valence-electron chi connectivity index (χ0n) is 11.5. The van der Waals surface area contributed by atoms with E-state index in [4.69, 9.17) is 5.11 Å². The molecule has 0 fully saturated rings. The average molecular weight is 299 g/mol. The summed E-state index contributed by atoms with van der Waals surface area (Å²) in [5, 5.41) is 11.1. The van der Waals surface area contributed by atoms with Crippen LogP contribution in [0.3, 0.4) is 0 Å². The smallest absolute Gasteiger partial charge is 0.389 e. The summed E-state index contributed by atoms with van der Waals surface area (Å²) in [5.74, 6) is 4.78. The minimum atomic E-state index is -4.35. The molecule has 0 heterocycles. The molecule has 2 N–H and O–H groups in total. The lowest BCUT2D eigenvalue weighted by atomic mass is 10.1. The minimum Gasteiger partial charge on any atom is -0.395 e. The van der Waals surface area contributed by atoms with E-state index in [-0.39, 0.29) is 13.0 Å². The van der Waals surface area contributed by atoms with Crippen LogP contribution in [-0.2, 0) is 4.79 Å².